The molecular formula is C17H25FN2O2S. The molecule has 0 aromatic heterocycles. The van der Waals surface area contributed by atoms with Gasteiger partial charge in [-0.3, -0.25) is 4.79 Å². The van der Waals surface area contributed by atoms with Gasteiger partial charge < -0.3 is 15.8 Å². The average molecular weight is 340 g/mol. The molecule has 1 saturated heterocycles. The van der Waals surface area contributed by atoms with Crippen LogP contribution in [0.15, 0.2) is 24.3 Å². The molecule has 1 aromatic rings. The van der Waals surface area contributed by atoms with Crippen molar-refractivity contribution in [2.45, 2.75) is 30.7 Å². The van der Waals surface area contributed by atoms with Gasteiger partial charge in [0.05, 0.1) is 6.04 Å². The summed E-state index contributed by atoms with van der Waals surface area (Å²) in [5, 5.41) is 2.99. The Kier molecular flexibility index (Phi) is 6.87. The molecule has 1 aromatic carbocycles. The van der Waals surface area contributed by atoms with Gasteiger partial charge in [-0.05, 0) is 49.0 Å². The number of hydrogen-bond acceptors (Lipinski definition) is 4. The fraction of sp³-hybridized carbons (Fsp3) is 0.588. The Hall–Kier alpha value is -1.11. The molecule has 1 heterocycles. The first kappa shape index (κ1) is 18.2. The maximum Gasteiger partial charge on any atom is 0.236 e. The van der Waals surface area contributed by atoms with E-state index in [0.29, 0.717) is 26.2 Å². The molecule has 0 aliphatic carbocycles. The highest BCUT2D eigenvalue weighted by atomic mass is 32.2. The Labute approximate surface area is 141 Å². The molecule has 2 rings (SSSR count). The number of rotatable bonds is 7. The third-order valence-corrected chi connectivity index (χ3v) is 5.12. The number of ether oxygens (including phenoxy) is 1. The zero-order chi connectivity index (χ0) is 16.7. The lowest BCUT2D eigenvalue weighted by molar-refractivity contribution is -0.122. The van der Waals surface area contributed by atoms with E-state index in [9.17, 15) is 9.18 Å². The quantitative estimate of drug-likeness (QED) is 0.798. The van der Waals surface area contributed by atoms with Gasteiger partial charge in [-0.25, -0.2) is 4.39 Å². The molecule has 4 nitrogen and oxygen atoms in total. The van der Waals surface area contributed by atoms with Gasteiger partial charge in [-0.15, -0.1) is 0 Å². The fourth-order valence-corrected chi connectivity index (χ4v) is 3.39. The highest BCUT2D eigenvalue weighted by molar-refractivity contribution is 7.98. The van der Waals surface area contributed by atoms with Crippen LogP contribution in [0.25, 0.3) is 0 Å². The zero-order valence-corrected chi connectivity index (χ0v) is 14.3. The van der Waals surface area contributed by atoms with Crippen molar-refractivity contribution in [3.05, 3.63) is 35.6 Å². The van der Waals surface area contributed by atoms with Crippen LogP contribution in [-0.4, -0.2) is 43.7 Å². The summed E-state index contributed by atoms with van der Waals surface area (Å²) in [5.41, 5.74) is 6.76. The molecule has 0 unspecified atom stereocenters. The van der Waals surface area contributed by atoms with Crippen LogP contribution < -0.4 is 11.1 Å². The highest BCUT2D eigenvalue weighted by Crippen LogP contribution is 2.34. The number of nitrogens with two attached hydrogens (primary N) is 1. The average Bonchev–Trinajstić information content (AvgIpc) is 2.59. The van der Waals surface area contributed by atoms with Crippen molar-refractivity contribution >= 4 is 17.7 Å². The number of hydrogen-bond donors (Lipinski definition) is 2. The van der Waals surface area contributed by atoms with Crippen LogP contribution in [-0.2, 0) is 14.9 Å². The molecule has 0 spiro atoms. The van der Waals surface area contributed by atoms with E-state index in [1.807, 2.05) is 6.26 Å². The molecule has 128 valence electrons. The first-order valence-electron chi connectivity index (χ1n) is 7.93. The second-order valence-corrected chi connectivity index (χ2v) is 6.99. The Morgan fingerprint density at radius 2 is 2.04 bits per heavy atom. The lowest BCUT2D eigenvalue weighted by atomic mass is 9.74. The predicted molar refractivity (Wildman–Crippen MR) is 92.1 cm³/mol. The molecule has 1 fully saturated rings. The van der Waals surface area contributed by atoms with Crippen molar-refractivity contribution in [3.8, 4) is 0 Å². The molecule has 3 N–H and O–H groups in total. The van der Waals surface area contributed by atoms with Crippen molar-refractivity contribution in [1.82, 2.24) is 5.32 Å². The van der Waals surface area contributed by atoms with Gasteiger partial charge in [0.1, 0.15) is 5.82 Å². The summed E-state index contributed by atoms with van der Waals surface area (Å²) < 4.78 is 18.7. The third kappa shape index (κ3) is 4.93. The smallest absolute Gasteiger partial charge is 0.236 e. The summed E-state index contributed by atoms with van der Waals surface area (Å²) in [7, 11) is 0. The molecule has 1 aliphatic heterocycles. The number of nitrogens with one attached hydrogen (secondary N) is 1. The summed E-state index contributed by atoms with van der Waals surface area (Å²) >= 11 is 1.68. The molecule has 0 radical (unpaired) electrons. The highest BCUT2D eigenvalue weighted by Gasteiger charge is 2.35. The van der Waals surface area contributed by atoms with E-state index in [1.165, 1.54) is 12.1 Å². The summed E-state index contributed by atoms with van der Waals surface area (Å²) in [6.07, 6.45) is 4.27. The minimum atomic E-state index is -0.479. The van der Waals surface area contributed by atoms with Gasteiger partial charge in [-0.1, -0.05) is 12.1 Å². The van der Waals surface area contributed by atoms with Crippen LogP contribution in [0.2, 0.25) is 0 Å². The number of benzene rings is 1. The first-order valence-corrected chi connectivity index (χ1v) is 9.33. The standard InChI is InChI=1S/C17H25FN2O2S/c1-23-11-6-15(19)16(21)20-12-17(7-9-22-10-8-17)13-2-4-14(18)5-3-13/h2-5,15H,6-12,19H2,1H3,(H,20,21)/t15-/m0/s1. The summed E-state index contributed by atoms with van der Waals surface area (Å²) in [6.45, 7) is 1.80. The maximum absolute atomic E-state index is 13.2. The van der Waals surface area contributed by atoms with Crippen LogP contribution in [0.5, 0.6) is 0 Å². The zero-order valence-electron chi connectivity index (χ0n) is 13.5. The lowest BCUT2D eigenvalue weighted by Crippen LogP contribution is -2.49. The van der Waals surface area contributed by atoms with Crippen molar-refractivity contribution in [2.75, 3.05) is 31.8 Å². The minimum absolute atomic E-state index is 0.118. The van der Waals surface area contributed by atoms with Gasteiger partial charge in [0, 0.05) is 25.2 Å². The second-order valence-electron chi connectivity index (χ2n) is 6.01. The molecular weight excluding hydrogens is 315 g/mol. The van der Waals surface area contributed by atoms with Crippen LogP contribution in [0, 0.1) is 5.82 Å². The predicted octanol–water partition coefficient (Wildman–Crippen LogP) is 2.07. The van der Waals surface area contributed by atoms with Gasteiger partial charge in [-0.2, -0.15) is 11.8 Å². The normalized spacial score (nSPS) is 18.4. The monoisotopic (exact) mass is 340 g/mol. The van der Waals surface area contributed by atoms with Gasteiger partial charge in [0.15, 0.2) is 0 Å². The van der Waals surface area contributed by atoms with Gasteiger partial charge >= 0.3 is 0 Å². The minimum Gasteiger partial charge on any atom is -0.381 e. The summed E-state index contributed by atoms with van der Waals surface area (Å²) in [4.78, 5) is 12.2. The molecule has 0 saturated carbocycles. The molecule has 23 heavy (non-hydrogen) atoms. The lowest BCUT2D eigenvalue weighted by Gasteiger charge is -2.38. The van der Waals surface area contributed by atoms with Gasteiger partial charge in [0.25, 0.3) is 0 Å². The van der Waals surface area contributed by atoms with E-state index in [2.05, 4.69) is 5.32 Å². The molecule has 6 heteroatoms. The van der Waals surface area contributed by atoms with E-state index in [1.54, 1.807) is 23.9 Å². The molecule has 1 aliphatic rings. The fourth-order valence-electron chi connectivity index (χ4n) is 2.90. The Bertz CT molecular complexity index is 504. The Balaban J connectivity index is 2.04. The molecule has 1 amide bonds. The maximum atomic E-state index is 13.2. The van der Waals surface area contributed by atoms with E-state index in [0.717, 1.165) is 24.2 Å². The van der Waals surface area contributed by atoms with E-state index in [4.69, 9.17) is 10.5 Å². The number of thioether (sulfide) groups is 1. The van der Waals surface area contributed by atoms with Crippen LogP contribution >= 0.6 is 11.8 Å². The van der Waals surface area contributed by atoms with Crippen molar-refractivity contribution < 1.29 is 13.9 Å². The first-order chi connectivity index (χ1) is 11.1. The molecule has 1 atom stereocenters. The summed E-state index contributed by atoms with van der Waals surface area (Å²) in [6, 6.07) is 6.07. The number of amides is 1. The number of carbonyl (C=O) groups is 1. The largest absolute Gasteiger partial charge is 0.381 e. The summed E-state index contributed by atoms with van der Waals surface area (Å²) in [5.74, 6) is 0.497. The third-order valence-electron chi connectivity index (χ3n) is 4.48. The van der Waals surface area contributed by atoms with Crippen LogP contribution in [0.3, 0.4) is 0 Å². The van der Waals surface area contributed by atoms with E-state index in [-0.39, 0.29) is 17.1 Å². The molecule has 0 bridgehead atoms. The van der Waals surface area contributed by atoms with Crippen LogP contribution in [0.1, 0.15) is 24.8 Å². The Morgan fingerprint density at radius 1 is 1.39 bits per heavy atom. The number of carbonyl (C=O) groups excluding carboxylic acids is 1. The SMILES string of the molecule is CSCC[C@H](N)C(=O)NCC1(c2ccc(F)cc2)CCOCC1. The number of halogens is 1. The van der Waals surface area contributed by atoms with Crippen molar-refractivity contribution in [2.24, 2.45) is 5.73 Å². The van der Waals surface area contributed by atoms with E-state index < -0.39 is 6.04 Å². The van der Waals surface area contributed by atoms with Gasteiger partial charge in [0.2, 0.25) is 5.91 Å². The van der Waals surface area contributed by atoms with Crippen molar-refractivity contribution in [3.63, 3.8) is 0 Å². The topological polar surface area (TPSA) is 64.4 Å². The van der Waals surface area contributed by atoms with Crippen molar-refractivity contribution in [1.29, 1.82) is 0 Å². The second kappa shape index (κ2) is 8.66. The Morgan fingerprint density at radius 3 is 2.65 bits per heavy atom. The van der Waals surface area contributed by atoms with Crippen LogP contribution in [0.4, 0.5) is 4.39 Å². The van der Waals surface area contributed by atoms with E-state index >= 15 is 0 Å².